The van der Waals surface area contributed by atoms with Crippen LogP contribution in [0.2, 0.25) is 0 Å². The van der Waals surface area contributed by atoms with Crippen LogP contribution in [0.15, 0.2) is 11.6 Å². The van der Waals surface area contributed by atoms with Crippen LogP contribution in [-0.2, 0) is 28.5 Å². The Hall–Kier alpha value is -1.15. The van der Waals surface area contributed by atoms with Crippen LogP contribution in [0.5, 0.6) is 0 Å². The van der Waals surface area contributed by atoms with Crippen molar-refractivity contribution < 1.29 is 54.0 Å². The third-order valence-corrected chi connectivity index (χ3v) is 15.8. The van der Waals surface area contributed by atoms with E-state index in [1.54, 1.807) is 13.8 Å². The van der Waals surface area contributed by atoms with Gasteiger partial charge in [-0.25, -0.2) is 0 Å². The van der Waals surface area contributed by atoms with Crippen molar-refractivity contribution in [3.8, 4) is 0 Å². The SMILES string of the molecule is CC(=O)O[C@@H]1C[C@@]23C[C@@]24CC[C@H](O[C@@H]2OC[C@H](O)[C@H](O)[C@H]2O)C(C)(C)[C@@H]4CC=C3[C@]2(C)C[C@@H]3O[C@]4(O)[C@H](OC(C)(C)[C@H]4O)[C@@H](C)[C@@H]3[C@@]12C. The summed E-state index contributed by atoms with van der Waals surface area (Å²) in [5.41, 5.74) is -0.907. The van der Waals surface area contributed by atoms with E-state index in [0.717, 1.165) is 32.1 Å². The fourth-order valence-corrected chi connectivity index (χ4v) is 13.5. The van der Waals surface area contributed by atoms with Gasteiger partial charge in [-0.2, -0.15) is 0 Å². The molecule has 0 aromatic rings. The lowest BCUT2D eigenvalue weighted by molar-refractivity contribution is -0.329. The maximum absolute atomic E-state index is 12.9. The normalized spacial score (nSPS) is 58.7. The zero-order valence-electron chi connectivity index (χ0n) is 29.6. The Balaban J connectivity index is 1.15. The van der Waals surface area contributed by atoms with Gasteiger partial charge in [0.15, 0.2) is 6.29 Å². The monoisotopic (exact) mass is 676 g/mol. The molecule has 2 spiro atoms. The molecule has 0 bridgehead atoms. The molecule has 5 aliphatic carbocycles. The van der Waals surface area contributed by atoms with Gasteiger partial charge in [-0.15, -0.1) is 0 Å². The number of aliphatic hydroxyl groups excluding tert-OH is 4. The van der Waals surface area contributed by atoms with Gasteiger partial charge in [0, 0.05) is 29.1 Å². The Morgan fingerprint density at radius 1 is 0.979 bits per heavy atom. The summed E-state index contributed by atoms with van der Waals surface area (Å²) in [6.07, 6.45) is -0.377. The Labute approximate surface area is 283 Å². The number of hydrogen-bond acceptors (Lipinski definition) is 11. The lowest BCUT2D eigenvalue weighted by atomic mass is 9.44. The molecule has 3 aliphatic heterocycles. The molecule has 17 atom stereocenters. The van der Waals surface area contributed by atoms with E-state index in [1.165, 1.54) is 12.5 Å². The van der Waals surface area contributed by atoms with E-state index >= 15 is 0 Å². The number of fused-ring (bicyclic) bond motifs is 5. The van der Waals surface area contributed by atoms with Crippen LogP contribution in [0.1, 0.15) is 93.9 Å². The van der Waals surface area contributed by atoms with Gasteiger partial charge < -0.3 is 49.2 Å². The Kier molecular flexibility index (Phi) is 7.10. The first kappa shape index (κ1) is 34.0. The van der Waals surface area contributed by atoms with Crippen LogP contribution < -0.4 is 0 Å². The molecule has 0 aromatic heterocycles. The third kappa shape index (κ3) is 3.89. The van der Waals surface area contributed by atoms with E-state index in [-0.39, 0.29) is 64.9 Å². The molecule has 48 heavy (non-hydrogen) atoms. The number of ether oxygens (including phenoxy) is 5. The molecule has 0 aromatic carbocycles. The lowest BCUT2D eigenvalue weighted by Gasteiger charge is -2.62. The molecule has 3 heterocycles. The molecule has 270 valence electrons. The summed E-state index contributed by atoms with van der Waals surface area (Å²) >= 11 is 0. The number of esters is 1. The number of allylic oxidation sites excluding steroid dienone is 2. The fourth-order valence-electron chi connectivity index (χ4n) is 13.5. The minimum atomic E-state index is -1.82. The maximum atomic E-state index is 12.9. The molecule has 0 radical (unpaired) electrons. The van der Waals surface area contributed by atoms with E-state index in [9.17, 15) is 30.3 Å². The molecule has 8 aliphatic rings. The number of hydrogen-bond donors (Lipinski definition) is 5. The van der Waals surface area contributed by atoms with Gasteiger partial charge in [-0.3, -0.25) is 4.79 Å². The molecule has 0 amide bonds. The molecule has 8 rings (SSSR count). The van der Waals surface area contributed by atoms with Gasteiger partial charge in [-0.1, -0.05) is 46.3 Å². The van der Waals surface area contributed by atoms with Crippen LogP contribution in [0.4, 0.5) is 0 Å². The van der Waals surface area contributed by atoms with Crippen molar-refractivity contribution in [1.29, 1.82) is 0 Å². The smallest absolute Gasteiger partial charge is 0.302 e. The van der Waals surface area contributed by atoms with Gasteiger partial charge in [-0.05, 0) is 75.0 Å². The fraction of sp³-hybridized carbons (Fsp3) is 0.919. The first-order chi connectivity index (χ1) is 22.2. The van der Waals surface area contributed by atoms with Crippen molar-refractivity contribution >= 4 is 5.97 Å². The van der Waals surface area contributed by atoms with E-state index < -0.39 is 59.0 Å². The molecule has 11 nitrogen and oxygen atoms in total. The lowest BCUT2D eigenvalue weighted by Crippen LogP contribution is -2.64. The van der Waals surface area contributed by atoms with Crippen LogP contribution in [-0.4, -0.2) is 105 Å². The largest absolute Gasteiger partial charge is 0.462 e. The van der Waals surface area contributed by atoms with E-state index in [0.29, 0.717) is 6.42 Å². The van der Waals surface area contributed by atoms with E-state index in [2.05, 4.69) is 40.7 Å². The molecule has 5 N–H and O–H groups in total. The first-order valence-electron chi connectivity index (χ1n) is 18.2. The van der Waals surface area contributed by atoms with Crippen LogP contribution >= 0.6 is 0 Å². The highest BCUT2D eigenvalue weighted by Crippen LogP contribution is 2.88. The van der Waals surface area contributed by atoms with Crippen molar-refractivity contribution in [2.75, 3.05) is 6.61 Å². The molecule has 3 saturated heterocycles. The first-order valence-corrected chi connectivity index (χ1v) is 18.2. The highest BCUT2D eigenvalue weighted by Gasteiger charge is 2.85. The quantitative estimate of drug-likeness (QED) is 0.221. The minimum absolute atomic E-state index is 0.0107. The average Bonchev–Trinajstić information content (AvgIpc) is 3.52. The van der Waals surface area contributed by atoms with Crippen molar-refractivity contribution in [2.45, 2.75) is 160 Å². The second-order valence-electron chi connectivity index (χ2n) is 18.5. The van der Waals surface area contributed by atoms with Crippen molar-refractivity contribution in [2.24, 2.45) is 44.8 Å². The van der Waals surface area contributed by atoms with Crippen LogP contribution in [0, 0.1) is 44.8 Å². The van der Waals surface area contributed by atoms with E-state index in [1.807, 2.05) is 0 Å². The molecule has 7 fully saturated rings. The maximum Gasteiger partial charge on any atom is 0.302 e. The van der Waals surface area contributed by atoms with Crippen LogP contribution in [0.25, 0.3) is 0 Å². The predicted molar refractivity (Wildman–Crippen MR) is 170 cm³/mol. The average molecular weight is 677 g/mol. The van der Waals surface area contributed by atoms with Gasteiger partial charge >= 0.3 is 5.97 Å². The summed E-state index contributed by atoms with van der Waals surface area (Å²) in [5.74, 6) is -2.11. The van der Waals surface area contributed by atoms with Crippen molar-refractivity contribution in [3.05, 3.63) is 11.6 Å². The second-order valence-corrected chi connectivity index (χ2v) is 18.5. The molecule has 4 saturated carbocycles. The Morgan fingerprint density at radius 2 is 1.69 bits per heavy atom. The predicted octanol–water partition coefficient (Wildman–Crippen LogP) is 2.58. The van der Waals surface area contributed by atoms with Gasteiger partial charge in [0.25, 0.3) is 0 Å². The highest BCUT2D eigenvalue weighted by molar-refractivity contribution is 5.66. The summed E-state index contributed by atoms with van der Waals surface area (Å²) < 4.78 is 31.5. The third-order valence-electron chi connectivity index (χ3n) is 15.8. The van der Waals surface area contributed by atoms with Gasteiger partial charge in [0.2, 0.25) is 5.79 Å². The van der Waals surface area contributed by atoms with Crippen molar-refractivity contribution in [1.82, 2.24) is 0 Å². The molecular weight excluding hydrogens is 620 g/mol. The van der Waals surface area contributed by atoms with Crippen LogP contribution in [0.3, 0.4) is 0 Å². The summed E-state index contributed by atoms with van der Waals surface area (Å²) in [7, 11) is 0. The van der Waals surface area contributed by atoms with E-state index in [4.69, 9.17) is 23.7 Å². The standard InChI is InChI=1S/C37H56O11/c1-17-25-20(47-37(43)28(17)48-32(5,6)30(37)42)13-33(7)22-10-9-21-31(3,4)23(46-29-27(41)26(40)19(39)15-44-29)11-12-35(21)16-36(22,35)14-24(34(25,33)8)45-18(2)38/h10,17,19-21,23-30,39-43H,9,11-16H2,1-8H3/t17-,19-,20-,21-,23-,24+,25-,26-,27+,28+,29-,30+,33-,34+,35+,36-,37+/m0/s1. The molecule has 11 heteroatoms. The Morgan fingerprint density at radius 3 is 2.38 bits per heavy atom. The number of carbonyl (C=O) groups excluding carboxylic acids is 1. The van der Waals surface area contributed by atoms with Gasteiger partial charge in [0.1, 0.15) is 36.6 Å². The van der Waals surface area contributed by atoms with Gasteiger partial charge in [0.05, 0.1) is 24.4 Å². The molecular formula is C37H56O11. The number of aliphatic hydroxyl groups is 5. The summed E-state index contributed by atoms with van der Waals surface area (Å²) in [6, 6.07) is 0. The number of rotatable bonds is 3. The van der Waals surface area contributed by atoms with Crippen molar-refractivity contribution in [3.63, 3.8) is 0 Å². The number of carbonyl (C=O) groups is 1. The summed E-state index contributed by atoms with van der Waals surface area (Å²) in [6.45, 7) is 16.1. The zero-order valence-corrected chi connectivity index (χ0v) is 29.6. The highest BCUT2D eigenvalue weighted by atomic mass is 16.7. The Bertz CT molecular complexity index is 1410. The molecule has 0 unspecified atom stereocenters. The topological polar surface area (TPSA) is 164 Å². The summed E-state index contributed by atoms with van der Waals surface area (Å²) in [4.78, 5) is 12.9. The second kappa shape index (κ2) is 10.0. The zero-order chi connectivity index (χ0) is 34.8. The minimum Gasteiger partial charge on any atom is -0.462 e. The summed E-state index contributed by atoms with van der Waals surface area (Å²) in [5, 5.41) is 54.0.